The number of imide groups is 1. The molecule has 6 nitrogen and oxygen atoms in total. The van der Waals surface area contributed by atoms with Crippen LogP contribution in [-0.2, 0) is 22.4 Å². The zero-order valence-electron chi connectivity index (χ0n) is 16.4. The van der Waals surface area contributed by atoms with Crippen LogP contribution in [-0.4, -0.2) is 28.4 Å². The minimum atomic E-state index is -0.838. The number of nitrogens with zero attached hydrogens (tertiary/aromatic N) is 1. The fourth-order valence-corrected chi connectivity index (χ4v) is 3.93. The number of urea groups is 1. The van der Waals surface area contributed by atoms with Gasteiger partial charge in [0.1, 0.15) is 5.54 Å². The summed E-state index contributed by atoms with van der Waals surface area (Å²) in [7, 11) is 0. The highest BCUT2D eigenvalue weighted by Gasteiger charge is 2.52. The number of carbonyl (C=O) groups excluding carboxylic acids is 3. The fourth-order valence-electron chi connectivity index (χ4n) is 3.93. The highest BCUT2D eigenvalue weighted by molar-refractivity contribution is 6.08. The Balaban J connectivity index is 1.59. The maximum Gasteiger partial charge on any atom is 0.344 e. The zero-order valence-corrected chi connectivity index (χ0v) is 16.4. The molecule has 3 rings (SSSR count). The molecule has 1 aliphatic heterocycles. The summed E-state index contributed by atoms with van der Waals surface area (Å²) in [5.41, 5.74) is 3.74. The Morgan fingerprint density at radius 2 is 1.78 bits per heavy atom. The van der Waals surface area contributed by atoms with Crippen LogP contribution in [0.5, 0.6) is 0 Å². The van der Waals surface area contributed by atoms with Gasteiger partial charge in [0.05, 0.1) is 6.42 Å². The van der Waals surface area contributed by atoms with E-state index >= 15 is 0 Å². The van der Waals surface area contributed by atoms with E-state index in [1.54, 1.807) is 0 Å². The normalized spacial score (nSPS) is 25.2. The molecule has 0 bridgehead atoms. The Morgan fingerprint density at radius 3 is 2.37 bits per heavy atom. The van der Waals surface area contributed by atoms with Crippen molar-refractivity contribution in [3.63, 3.8) is 0 Å². The van der Waals surface area contributed by atoms with E-state index in [1.165, 1.54) is 5.56 Å². The molecule has 1 saturated carbocycles. The molecular formula is C21H29N3O3. The first-order valence-corrected chi connectivity index (χ1v) is 9.83. The summed E-state index contributed by atoms with van der Waals surface area (Å²) in [4.78, 5) is 37.4. The Bertz CT molecular complexity index is 719. The molecule has 1 heterocycles. The second-order valence-electron chi connectivity index (χ2n) is 8.46. The van der Waals surface area contributed by atoms with Gasteiger partial charge in [0.2, 0.25) is 5.91 Å². The monoisotopic (exact) mass is 371 g/mol. The standard InChI is InChI=1S/C21H29N3O3/c1-14(2)12-16-4-6-17(7-5-16)13-18(25)23-24-19(26)21(22-20(24)27)10-8-15(3)9-11-21/h4-7,14-15H,8-13H2,1-3H3,(H,22,27)(H,23,25). The molecule has 0 radical (unpaired) electrons. The molecule has 0 unspecified atom stereocenters. The van der Waals surface area contributed by atoms with Crippen molar-refractivity contribution in [1.29, 1.82) is 0 Å². The van der Waals surface area contributed by atoms with Crippen molar-refractivity contribution in [2.24, 2.45) is 11.8 Å². The largest absolute Gasteiger partial charge is 0.344 e. The maximum absolute atomic E-state index is 12.8. The smallest absolute Gasteiger partial charge is 0.322 e. The van der Waals surface area contributed by atoms with E-state index in [2.05, 4.69) is 31.5 Å². The first-order valence-electron chi connectivity index (χ1n) is 9.83. The van der Waals surface area contributed by atoms with Crippen molar-refractivity contribution in [2.75, 3.05) is 0 Å². The van der Waals surface area contributed by atoms with Gasteiger partial charge in [0.25, 0.3) is 5.91 Å². The van der Waals surface area contributed by atoms with Crippen LogP contribution in [0.1, 0.15) is 57.6 Å². The predicted molar refractivity (Wildman–Crippen MR) is 103 cm³/mol. The van der Waals surface area contributed by atoms with Gasteiger partial charge in [-0.1, -0.05) is 45.0 Å². The first-order chi connectivity index (χ1) is 12.8. The van der Waals surface area contributed by atoms with Gasteiger partial charge in [-0.15, -0.1) is 0 Å². The van der Waals surface area contributed by atoms with Crippen molar-refractivity contribution in [2.45, 2.75) is 64.8 Å². The third-order valence-corrected chi connectivity index (χ3v) is 5.56. The number of hydrazine groups is 1. The number of hydrogen-bond acceptors (Lipinski definition) is 3. The molecule has 1 saturated heterocycles. The molecule has 0 aromatic heterocycles. The first kappa shape index (κ1) is 19.4. The van der Waals surface area contributed by atoms with Crippen LogP contribution in [0.25, 0.3) is 0 Å². The van der Waals surface area contributed by atoms with Crippen LogP contribution in [0, 0.1) is 11.8 Å². The molecule has 1 aromatic rings. The molecule has 1 aromatic carbocycles. The van der Waals surface area contributed by atoms with Gasteiger partial charge in [-0.3, -0.25) is 15.0 Å². The molecule has 4 amide bonds. The maximum atomic E-state index is 12.8. The summed E-state index contributed by atoms with van der Waals surface area (Å²) < 4.78 is 0. The van der Waals surface area contributed by atoms with Gasteiger partial charge < -0.3 is 5.32 Å². The van der Waals surface area contributed by atoms with Crippen molar-refractivity contribution < 1.29 is 14.4 Å². The van der Waals surface area contributed by atoms with Crippen LogP contribution in [0.15, 0.2) is 24.3 Å². The molecule has 2 N–H and O–H groups in total. The molecule has 146 valence electrons. The Morgan fingerprint density at radius 1 is 1.19 bits per heavy atom. The predicted octanol–water partition coefficient (Wildman–Crippen LogP) is 2.96. The van der Waals surface area contributed by atoms with Crippen LogP contribution >= 0.6 is 0 Å². The van der Waals surface area contributed by atoms with Gasteiger partial charge in [0, 0.05) is 0 Å². The minimum Gasteiger partial charge on any atom is -0.322 e. The minimum absolute atomic E-state index is 0.128. The number of rotatable bonds is 5. The second kappa shape index (κ2) is 7.71. The topological polar surface area (TPSA) is 78.5 Å². The van der Waals surface area contributed by atoms with Crippen molar-refractivity contribution in [3.8, 4) is 0 Å². The van der Waals surface area contributed by atoms with Crippen LogP contribution in [0.3, 0.4) is 0 Å². The lowest BCUT2D eigenvalue weighted by atomic mass is 9.77. The van der Waals surface area contributed by atoms with Crippen molar-refractivity contribution in [1.82, 2.24) is 15.8 Å². The molecule has 6 heteroatoms. The average molecular weight is 371 g/mol. The van der Waals surface area contributed by atoms with Crippen LogP contribution < -0.4 is 10.7 Å². The van der Waals surface area contributed by atoms with E-state index in [4.69, 9.17) is 0 Å². The third kappa shape index (κ3) is 4.31. The van der Waals surface area contributed by atoms with Gasteiger partial charge in [-0.05, 0) is 55.1 Å². The number of nitrogens with one attached hydrogen (secondary N) is 2. The van der Waals surface area contributed by atoms with Crippen molar-refractivity contribution >= 4 is 17.8 Å². The van der Waals surface area contributed by atoms with E-state index in [-0.39, 0.29) is 18.2 Å². The van der Waals surface area contributed by atoms with E-state index in [0.717, 1.165) is 29.8 Å². The lowest BCUT2D eigenvalue weighted by Crippen LogP contribution is -2.51. The number of amides is 4. The Kier molecular flexibility index (Phi) is 5.53. The lowest BCUT2D eigenvalue weighted by Gasteiger charge is -2.33. The molecule has 27 heavy (non-hydrogen) atoms. The highest BCUT2D eigenvalue weighted by atomic mass is 16.2. The van der Waals surface area contributed by atoms with Gasteiger partial charge in [-0.25, -0.2) is 4.79 Å². The third-order valence-electron chi connectivity index (χ3n) is 5.56. The lowest BCUT2D eigenvalue weighted by molar-refractivity contribution is -0.139. The summed E-state index contributed by atoms with van der Waals surface area (Å²) in [6, 6.07) is 7.36. The summed E-state index contributed by atoms with van der Waals surface area (Å²) in [5, 5.41) is 3.67. The van der Waals surface area contributed by atoms with E-state index in [1.807, 2.05) is 24.3 Å². The molecular weight excluding hydrogens is 342 g/mol. The van der Waals surface area contributed by atoms with E-state index in [9.17, 15) is 14.4 Å². The van der Waals surface area contributed by atoms with E-state index in [0.29, 0.717) is 24.7 Å². The molecule has 2 aliphatic rings. The number of carbonyl (C=O) groups is 3. The zero-order chi connectivity index (χ0) is 19.6. The highest BCUT2D eigenvalue weighted by Crippen LogP contribution is 2.35. The quantitative estimate of drug-likeness (QED) is 0.781. The summed E-state index contributed by atoms with van der Waals surface area (Å²) in [6.45, 7) is 6.48. The second-order valence-corrected chi connectivity index (χ2v) is 8.46. The Hall–Kier alpha value is -2.37. The SMILES string of the molecule is CC(C)Cc1ccc(CC(=O)NN2C(=O)NC3(CCC(C)CC3)C2=O)cc1. The molecule has 2 fully saturated rings. The Labute approximate surface area is 160 Å². The van der Waals surface area contributed by atoms with Crippen LogP contribution in [0.2, 0.25) is 0 Å². The van der Waals surface area contributed by atoms with Gasteiger partial charge >= 0.3 is 6.03 Å². The van der Waals surface area contributed by atoms with Crippen molar-refractivity contribution in [3.05, 3.63) is 35.4 Å². The van der Waals surface area contributed by atoms with Gasteiger partial charge in [0.15, 0.2) is 0 Å². The van der Waals surface area contributed by atoms with E-state index < -0.39 is 11.6 Å². The molecule has 1 spiro atoms. The number of hydrogen-bond donors (Lipinski definition) is 2. The average Bonchev–Trinajstić information content (AvgIpc) is 2.83. The van der Waals surface area contributed by atoms with Gasteiger partial charge in [-0.2, -0.15) is 5.01 Å². The summed E-state index contributed by atoms with van der Waals surface area (Å²) in [6.07, 6.45) is 4.18. The molecule has 1 aliphatic carbocycles. The fraction of sp³-hybridized carbons (Fsp3) is 0.571. The molecule has 0 atom stereocenters. The van der Waals surface area contributed by atoms with Crippen LogP contribution in [0.4, 0.5) is 4.79 Å². The summed E-state index contributed by atoms with van der Waals surface area (Å²) in [5.74, 6) is 0.438. The summed E-state index contributed by atoms with van der Waals surface area (Å²) >= 11 is 0. The number of benzene rings is 1.